The Morgan fingerprint density at radius 3 is 3.06 bits per heavy atom. The van der Waals surface area contributed by atoms with E-state index in [1.54, 1.807) is 13.0 Å². The second-order valence-corrected chi connectivity index (χ2v) is 4.60. The molecule has 0 N–H and O–H groups in total. The molecule has 0 unspecified atom stereocenters. The summed E-state index contributed by atoms with van der Waals surface area (Å²) >= 11 is 0. The number of esters is 1. The van der Waals surface area contributed by atoms with Crippen LogP contribution in [0.4, 0.5) is 0 Å². The Kier molecular flexibility index (Phi) is 3.42. The van der Waals surface area contributed by atoms with Crippen LogP contribution in [0.15, 0.2) is 11.6 Å². The van der Waals surface area contributed by atoms with Gasteiger partial charge in [0.05, 0.1) is 12.5 Å². The van der Waals surface area contributed by atoms with E-state index in [0.717, 1.165) is 25.7 Å². The number of allylic oxidation sites excluding steroid dienone is 2. The van der Waals surface area contributed by atoms with Gasteiger partial charge in [0.25, 0.3) is 0 Å². The molecule has 0 aliphatic heterocycles. The Hall–Kier alpha value is -1.12. The molecule has 3 nitrogen and oxygen atoms in total. The first-order chi connectivity index (χ1) is 7.72. The Bertz CT molecular complexity index is 330. The van der Waals surface area contributed by atoms with Crippen molar-refractivity contribution in [2.45, 2.75) is 39.0 Å². The van der Waals surface area contributed by atoms with Crippen molar-refractivity contribution in [3.05, 3.63) is 11.6 Å². The molecule has 16 heavy (non-hydrogen) atoms. The molecule has 0 bridgehead atoms. The maximum atomic E-state index is 11.8. The molecule has 0 radical (unpaired) electrons. The van der Waals surface area contributed by atoms with Gasteiger partial charge in [0.2, 0.25) is 0 Å². The summed E-state index contributed by atoms with van der Waals surface area (Å²) in [5.41, 5.74) is 1.18. The van der Waals surface area contributed by atoms with E-state index in [9.17, 15) is 9.59 Å². The summed E-state index contributed by atoms with van der Waals surface area (Å²) in [5, 5.41) is 0. The van der Waals surface area contributed by atoms with Gasteiger partial charge >= 0.3 is 5.97 Å². The van der Waals surface area contributed by atoms with Gasteiger partial charge in [0.15, 0.2) is 5.78 Å². The molecule has 0 spiro atoms. The minimum atomic E-state index is -0.215. The zero-order valence-corrected chi connectivity index (χ0v) is 9.70. The number of hydrogen-bond acceptors (Lipinski definition) is 3. The SMILES string of the molecule is CCOC(=O)[C@@H]1CC(=O)C=C2CCCC[C@@H]21. The van der Waals surface area contributed by atoms with Gasteiger partial charge in [0, 0.05) is 6.42 Å². The largest absolute Gasteiger partial charge is 0.466 e. The van der Waals surface area contributed by atoms with Gasteiger partial charge in [-0.05, 0) is 38.2 Å². The molecule has 0 amide bonds. The average Bonchev–Trinajstić information content (AvgIpc) is 2.28. The number of ketones is 1. The van der Waals surface area contributed by atoms with E-state index in [4.69, 9.17) is 4.74 Å². The van der Waals surface area contributed by atoms with E-state index in [0.29, 0.717) is 13.0 Å². The summed E-state index contributed by atoms with van der Waals surface area (Å²) in [6, 6.07) is 0. The highest BCUT2D eigenvalue weighted by Crippen LogP contribution is 2.39. The van der Waals surface area contributed by atoms with Gasteiger partial charge in [-0.25, -0.2) is 0 Å². The van der Waals surface area contributed by atoms with E-state index >= 15 is 0 Å². The second kappa shape index (κ2) is 4.81. The van der Waals surface area contributed by atoms with Gasteiger partial charge in [-0.1, -0.05) is 12.0 Å². The van der Waals surface area contributed by atoms with Crippen molar-refractivity contribution in [3.63, 3.8) is 0 Å². The lowest BCUT2D eigenvalue weighted by Gasteiger charge is -2.33. The molecule has 88 valence electrons. The summed E-state index contributed by atoms with van der Waals surface area (Å²) in [6.07, 6.45) is 6.42. The van der Waals surface area contributed by atoms with Crippen LogP contribution >= 0.6 is 0 Å². The van der Waals surface area contributed by atoms with Crippen molar-refractivity contribution in [1.82, 2.24) is 0 Å². The van der Waals surface area contributed by atoms with E-state index in [2.05, 4.69) is 0 Å². The van der Waals surface area contributed by atoms with Crippen molar-refractivity contribution in [3.8, 4) is 0 Å². The first kappa shape index (κ1) is 11.4. The first-order valence-corrected chi connectivity index (χ1v) is 6.12. The lowest BCUT2D eigenvalue weighted by Crippen LogP contribution is -2.34. The Balaban J connectivity index is 2.16. The number of carbonyl (C=O) groups excluding carboxylic acids is 2. The maximum Gasteiger partial charge on any atom is 0.309 e. The lowest BCUT2D eigenvalue weighted by atomic mass is 9.71. The smallest absolute Gasteiger partial charge is 0.309 e. The predicted molar refractivity (Wildman–Crippen MR) is 59.8 cm³/mol. The van der Waals surface area contributed by atoms with Crippen LogP contribution < -0.4 is 0 Å². The molecular formula is C13H18O3. The van der Waals surface area contributed by atoms with Crippen molar-refractivity contribution in [2.24, 2.45) is 11.8 Å². The van der Waals surface area contributed by atoms with Gasteiger partial charge in [-0.2, -0.15) is 0 Å². The summed E-state index contributed by atoms with van der Waals surface area (Å²) < 4.78 is 5.06. The molecular weight excluding hydrogens is 204 g/mol. The minimum absolute atomic E-state index is 0.0891. The van der Waals surface area contributed by atoms with Gasteiger partial charge in [0.1, 0.15) is 0 Å². The molecule has 0 aromatic rings. The quantitative estimate of drug-likeness (QED) is 0.673. The van der Waals surface area contributed by atoms with Crippen LogP contribution in [-0.4, -0.2) is 18.4 Å². The number of ether oxygens (including phenoxy) is 1. The van der Waals surface area contributed by atoms with E-state index in [1.165, 1.54) is 5.57 Å². The Morgan fingerprint density at radius 1 is 1.50 bits per heavy atom. The predicted octanol–water partition coefficient (Wildman–Crippen LogP) is 2.26. The third-order valence-corrected chi connectivity index (χ3v) is 3.55. The average molecular weight is 222 g/mol. The van der Waals surface area contributed by atoms with Crippen LogP contribution in [0.5, 0.6) is 0 Å². The maximum absolute atomic E-state index is 11.8. The Labute approximate surface area is 95.9 Å². The van der Waals surface area contributed by atoms with Crippen LogP contribution in [0.3, 0.4) is 0 Å². The van der Waals surface area contributed by atoms with Gasteiger partial charge in [-0.15, -0.1) is 0 Å². The van der Waals surface area contributed by atoms with Crippen LogP contribution in [0.1, 0.15) is 39.0 Å². The van der Waals surface area contributed by atoms with Crippen molar-refractivity contribution < 1.29 is 14.3 Å². The zero-order valence-electron chi connectivity index (χ0n) is 9.70. The molecule has 0 heterocycles. The number of fused-ring (bicyclic) bond motifs is 1. The molecule has 2 aliphatic rings. The van der Waals surface area contributed by atoms with Crippen molar-refractivity contribution in [1.29, 1.82) is 0 Å². The third kappa shape index (κ3) is 2.18. The molecule has 0 saturated heterocycles. The van der Waals surface area contributed by atoms with Gasteiger partial charge < -0.3 is 4.74 Å². The monoisotopic (exact) mass is 222 g/mol. The topological polar surface area (TPSA) is 43.4 Å². The van der Waals surface area contributed by atoms with Crippen LogP contribution in [0.2, 0.25) is 0 Å². The van der Waals surface area contributed by atoms with Crippen molar-refractivity contribution >= 4 is 11.8 Å². The van der Waals surface area contributed by atoms with Crippen molar-refractivity contribution in [2.75, 3.05) is 6.61 Å². The molecule has 0 aromatic carbocycles. The summed E-state index contributed by atoms with van der Waals surface area (Å²) in [4.78, 5) is 23.3. The minimum Gasteiger partial charge on any atom is -0.466 e. The fourth-order valence-corrected chi connectivity index (χ4v) is 2.82. The molecule has 2 rings (SSSR count). The molecule has 1 saturated carbocycles. The molecule has 2 atom stereocenters. The molecule has 3 heteroatoms. The van der Waals surface area contributed by atoms with Crippen LogP contribution in [0.25, 0.3) is 0 Å². The number of hydrogen-bond donors (Lipinski definition) is 0. The summed E-state index contributed by atoms with van der Waals surface area (Å²) in [7, 11) is 0. The fraction of sp³-hybridized carbons (Fsp3) is 0.692. The number of rotatable bonds is 2. The number of carbonyl (C=O) groups is 2. The standard InChI is InChI=1S/C13H18O3/c1-2-16-13(15)12-8-10(14)7-9-5-3-4-6-11(9)12/h7,11-12H,2-6,8H2,1H3/t11-,12+/m0/s1. The fourth-order valence-electron chi connectivity index (χ4n) is 2.82. The molecule has 2 aliphatic carbocycles. The van der Waals surface area contributed by atoms with Gasteiger partial charge in [-0.3, -0.25) is 9.59 Å². The molecule has 0 aromatic heterocycles. The van der Waals surface area contributed by atoms with E-state index in [1.807, 2.05) is 0 Å². The summed E-state index contributed by atoms with van der Waals surface area (Å²) in [6.45, 7) is 2.20. The lowest BCUT2D eigenvalue weighted by molar-refractivity contribution is -0.151. The highest BCUT2D eigenvalue weighted by Gasteiger charge is 2.37. The third-order valence-electron chi connectivity index (χ3n) is 3.55. The Morgan fingerprint density at radius 2 is 2.31 bits per heavy atom. The highest BCUT2D eigenvalue weighted by atomic mass is 16.5. The summed E-state index contributed by atoms with van der Waals surface area (Å²) in [5.74, 6) is -0.0437. The second-order valence-electron chi connectivity index (χ2n) is 4.60. The highest BCUT2D eigenvalue weighted by molar-refractivity contribution is 5.95. The zero-order chi connectivity index (χ0) is 11.5. The van der Waals surface area contributed by atoms with E-state index in [-0.39, 0.29) is 23.6 Å². The normalized spacial score (nSPS) is 29.3. The molecule has 1 fully saturated rings. The first-order valence-electron chi connectivity index (χ1n) is 6.12. The van der Waals surface area contributed by atoms with E-state index < -0.39 is 0 Å². The van der Waals surface area contributed by atoms with Crippen LogP contribution in [0, 0.1) is 11.8 Å². The van der Waals surface area contributed by atoms with Crippen LogP contribution in [-0.2, 0) is 14.3 Å².